The molecule has 0 radical (unpaired) electrons. The Morgan fingerprint density at radius 3 is 2.12 bits per heavy atom. The van der Waals surface area contributed by atoms with E-state index in [2.05, 4.69) is 22.9 Å². The molecule has 14 heteroatoms. The normalized spacial score (nSPS) is 32.7. The van der Waals surface area contributed by atoms with Gasteiger partial charge in [0.05, 0.1) is 44.2 Å². The van der Waals surface area contributed by atoms with Crippen molar-refractivity contribution in [1.82, 2.24) is 16.0 Å². The summed E-state index contributed by atoms with van der Waals surface area (Å²) in [7, 11) is 0. The second kappa shape index (κ2) is 22.3. The Hall–Kier alpha value is -2.62. The highest BCUT2D eigenvalue weighted by molar-refractivity contribution is 5.85. The third-order valence-corrected chi connectivity index (χ3v) is 14.5. The lowest BCUT2D eigenvalue weighted by atomic mass is 9.42. The van der Waals surface area contributed by atoms with Crippen LogP contribution in [0.4, 0.5) is 0 Å². The van der Waals surface area contributed by atoms with Crippen LogP contribution in [-0.2, 0) is 42.9 Å². The summed E-state index contributed by atoms with van der Waals surface area (Å²) in [6.45, 7) is 11.1. The molecule has 3 unspecified atom stereocenters. The molecule has 0 saturated heterocycles. The zero-order chi connectivity index (χ0) is 41.6. The molecule has 0 aromatic carbocycles. The molecule has 4 saturated carbocycles. The zero-order valence-corrected chi connectivity index (χ0v) is 35.5. The first-order chi connectivity index (χ1) is 27.9. The molecule has 4 aliphatic carbocycles. The van der Waals surface area contributed by atoms with Gasteiger partial charge in [-0.1, -0.05) is 26.7 Å². The molecule has 1 aliphatic heterocycles. The minimum Gasteiger partial charge on any atom is -0.458 e. The topological polar surface area (TPSA) is 191 Å². The molecule has 9 atom stereocenters. The maximum Gasteiger partial charge on any atom is 0.331 e. The van der Waals surface area contributed by atoms with Crippen molar-refractivity contribution in [2.45, 2.75) is 135 Å². The molecule has 5 aliphatic rings. The van der Waals surface area contributed by atoms with Crippen LogP contribution in [0.1, 0.15) is 117 Å². The predicted octanol–water partition coefficient (Wildman–Crippen LogP) is 3.75. The zero-order valence-electron chi connectivity index (χ0n) is 35.5. The first-order valence-electron chi connectivity index (χ1n) is 22.3. The van der Waals surface area contributed by atoms with Gasteiger partial charge in [-0.15, -0.1) is 0 Å². The number of carbonyl (C=O) groups excluding carboxylic acids is 4. The lowest BCUT2D eigenvalue weighted by Gasteiger charge is -2.65. The van der Waals surface area contributed by atoms with Gasteiger partial charge in [0.1, 0.15) is 13.2 Å². The molecule has 5 N–H and O–H groups in total. The number of ether oxygens (including phenoxy) is 5. The summed E-state index contributed by atoms with van der Waals surface area (Å²) < 4.78 is 27.9. The standard InChI is InChI=1S/C44H73N3O11/c1-31(48)45-18-8-20-54-22-24-56-25-23-55-21-9-19-46-39(50)10-6-4-5-7-17-47-40(51)30-57-34-13-15-42(2)33(27-34)11-12-36-37(42)28-38(49)43(3)35(14-16-44(36,43)53)32-26-41(52)58-29-32/h26,33-38,49,53H,4-25,27-30H2,1-3H3,(H,45,48)(H,46,50)(H,47,51)/t33?,34-,35+,36?,37?,38+,42-,43-,44-/m0/s1. The average molecular weight is 820 g/mol. The molecule has 0 aromatic rings. The predicted molar refractivity (Wildman–Crippen MR) is 216 cm³/mol. The molecular formula is C44H73N3O11. The first-order valence-corrected chi connectivity index (χ1v) is 22.3. The van der Waals surface area contributed by atoms with Crippen LogP contribution >= 0.6 is 0 Å². The van der Waals surface area contributed by atoms with Gasteiger partial charge in [-0.05, 0) is 112 Å². The summed E-state index contributed by atoms with van der Waals surface area (Å²) in [5, 5.41) is 32.9. The summed E-state index contributed by atoms with van der Waals surface area (Å²) in [6.07, 6.45) is 13.2. The van der Waals surface area contributed by atoms with E-state index >= 15 is 0 Å². The van der Waals surface area contributed by atoms with Crippen molar-refractivity contribution in [1.29, 1.82) is 0 Å². The lowest BCUT2D eigenvalue weighted by Crippen LogP contribution is -2.67. The molecule has 58 heavy (non-hydrogen) atoms. The van der Waals surface area contributed by atoms with E-state index in [9.17, 15) is 29.4 Å². The van der Waals surface area contributed by atoms with Crippen LogP contribution in [0.5, 0.6) is 0 Å². The Morgan fingerprint density at radius 2 is 1.43 bits per heavy atom. The number of amides is 3. The van der Waals surface area contributed by atoms with Gasteiger partial charge >= 0.3 is 5.97 Å². The first kappa shape index (κ1) is 46.4. The molecule has 4 fully saturated rings. The van der Waals surface area contributed by atoms with Crippen molar-refractivity contribution in [3.63, 3.8) is 0 Å². The summed E-state index contributed by atoms with van der Waals surface area (Å²) in [6, 6.07) is 0. The molecule has 0 spiro atoms. The number of esters is 1. The quantitative estimate of drug-likeness (QED) is 0.0667. The minimum atomic E-state index is -0.981. The van der Waals surface area contributed by atoms with E-state index in [1.165, 1.54) is 6.92 Å². The van der Waals surface area contributed by atoms with Gasteiger partial charge in [-0.2, -0.15) is 0 Å². The summed E-state index contributed by atoms with van der Waals surface area (Å²) in [4.78, 5) is 47.5. The Bertz CT molecular complexity index is 1400. The van der Waals surface area contributed by atoms with Gasteiger partial charge in [0.15, 0.2) is 0 Å². The number of aliphatic hydroxyl groups is 2. The number of carbonyl (C=O) groups is 4. The number of hydrogen-bond donors (Lipinski definition) is 5. The fourth-order valence-electron chi connectivity index (χ4n) is 11.2. The Kier molecular flexibility index (Phi) is 17.8. The van der Waals surface area contributed by atoms with Crippen molar-refractivity contribution in [2.24, 2.45) is 34.5 Å². The van der Waals surface area contributed by atoms with Gasteiger partial charge in [0.25, 0.3) is 0 Å². The Balaban J connectivity index is 0.853. The van der Waals surface area contributed by atoms with Crippen LogP contribution in [0.25, 0.3) is 0 Å². The molecule has 14 nitrogen and oxygen atoms in total. The van der Waals surface area contributed by atoms with Crippen LogP contribution in [0, 0.1) is 34.5 Å². The smallest absolute Gasteiger partial charge is 0.331 e. The Morgan fingerprint density at radius 1 is 0.776 bits per heavy atom. The number of aliphatic hydroxyl groups excluding tert-OH is 1. The molecule has 3 amide bonds. The third-order valence-electron chi connectivity index (χ3n) is 14.5. The fraction of sp³-hybridized carbons (Fsp3) is 0.864. The van der Waals surface area contributed by atoms with Gasteiger partial charge in [-0.3, -0.25) is 14.4 Å². The summed E-state index contributed by atoms with van der Waals surface area (Å²) in [5.41, 5.74) is -0.771. The van der Waals surface area contributed by atoms with Crippen LogP contribution in [0.15, 0.2) is 11.6 Å². The molecule has 1 heterocycles. The molecule has 0 aromatic heterocycles. The maximum atomic E-state index is 12.6. The van der Waals surface area contributed by atoms with Crippen LogP contribution in [0.2, 0.25) is 0 Å². The highest BCUT2D eigenvalue weighted by atomic mass is 16.5. The lowest BCUT2D eigenvalue weighted by molar-refractivity contribution is -0.245. The monoisotopic (exact) mass is 820 g/mol. The number of cyclic esters (lactones) is 1. The van der Waals surface area contributed by atoms with Crippen LogP contribution in [0.3, 0.4) is 0 Å². The number of nitrogens with one attached hydrogen (secondary N) is 3. The van der Waals surface area contributed by atoms with Gasteiger partial charge < -0.3 is 49.8 Å². The van der Waals surface area contributed by atoms with E-state index in [4.69, 9.17) is 23.7 Å². The SMILES string of the molecule is CC(=O)NCCCOCCOCCOCCCNC(=O)CCCCCCNC(=O)CO[C@H]1CC[C@@]2(C)C(CCC3C2C[C@@H](O)[C@]2(C)[C@@H](C4=CC(=O)OC4)CC[C@]32O)C1. The largest absolute Gasteiger partial charge is 0.458 e. The van der Waals surface area contributed by atoms with Gasteiger partial charge in [0.2, 0.25) is 17.7 Å². The third kappa shape index (κ3) is 11.8. The van der Waals surface area contributed by atoms with Crippen LogP contribution in [-0.4, -0.2) is 124 Å². The van der Waals surface area contributed by atoms with Gasteiger partial charge in [0, 0.05) is 57.7 Å². The van der Waals surface area contributed by atoms with E-state index in [1.807, 2.05) is 6.92 Å². The highest BCUT2D eigenvalue weighted by Crippen LogP contribution is 2.70. The van der Waals surface area contributed by atoms with Crippen molar-refractivity contribution in [3.8, 4) is 0 Å². The van der Waals surface area contributed by atoms with E-state index < -0.39 is 17.1 Å². The van der Waals surface area contributed by atoms with E-state index in [0.29, 0.717) is 84.5 Å². The van der Waals surface area contributed by atoms with Crippen LogP contribution < -0.4 is 16.0 Å². The van der Waals surface area contributed by atoms with Crippen molar-refractivity contribution in [2.75, 3.05) is 72.5 Å². The highest BCUT2D eigenvalue weighted by Gasteiger charge is 2.70. The van der Waals surface area contributed by atoms with E-state index in [1.54, 1.807) is 6.08 Å². The molecule has 0 bridgehead atoms. The number of unbranched alkanes of at least 4 members (excludes halogenated alkanes) is 3. The minimum absolute atomic E-state index is 0.00547. The van der Waals surface area contributed by atoms with Gasteiger partial charge in [-0.25, -0.2) is 4.79 Å². The van der Waals surface area contributed by atoms with E-state index in [-0.39, 0.29) is 66.2 Å². The second-order valence-electron chi connectivity index (χ2n) is 18.0. The average Bonchev–Trinajstić information content (AvgIpc) is 3.75. The van der Waals surface area contributed by atoms with Crippen molar-refractivity contribution < 1.29 is 53.1 Å². The van der Waals surface area contributed by atoms with Crippen molar-refractivity contribution in [3.05, 3.63) is 11.6 Å². The van der Waals surface area contributed by atoms with Crippen molar-refractivity contribution >= 4 is 23.7 Å². The number of hydrogen-bond acceptors (Lipinski definition) is 11. The molecule has 330 valence electrons. The Labute approximate surface area is 345 Å². The second-order valence-corrected chi connectivity index (χ2v) is 18.0. The number of rotatable bonds is 25. The summed E-state index contributed by atoms with van der Waals surface area (Å²) >= 11 is 0. The maximum absolute atomic E-state index is 12.6. The molecule has 5 rings (SSSR count). The fourth-order valence-corrected chi connectivity index (χ4v) is 11.2. The van der Waals surface area contributed by atoms with E-state index in [0.717, 1.165) is 82.6 Å². The number of fused-ring (bicyclic) bond motifs is 5. The molecular weight excluding hydrogens is 746 g/mol. The summed E-state index contributed by atoms with van der Waals surface area (Å²) in [5.74, 6) is 0.281.